The van der Waals surface area contributed by atoms with Crippen molar-refractivity contribution in [1.29, 1.82) is 0 Å². The Labute approximate surface area is 211 Å². The van der Waals surface area contributed by atoms with Crippen LogP contribution < -0.4 is 5.32 Å². The van der Waals surface area contributed by atoms with Gasteiger partial charge in [0.1, 0.15) is 17.0 Å². The molecule has 0 saturated heterocycles. The summed E-state index contributed by atoms with van der Waals surface area (Å²) >= 11 is 0. The van der Waals surface area contributed by atoms with E-state index >= 15 is 0 Å². The van der Waals surface area contributed by atoms with Crippen LogP contribution >= 0.6 is 0 Å². The predicted octanol–water partition coefficient (Wildman–Crippen LogP) is 4.74. The van der Waals surface area contributed by atoms with Crippen LogP contribution in [0.3, 0.4) is 0 Å². The Kier molecular flexibility index (Phi) is 5.78. The molecular formula is C27H24FN9. The number of likely N-dealkylation sites (N-methyl/N-ethyl adjacent to an activating group) is 1. The normalized spacial score (nSPS) is 11.6. The van der Waals surface area contributed by atoms with E-state index in [1.807, 2.05) is 50.5 Å². The summed E-state index contributed by atoms with van der Waals surface area (Å²) in [7, 11) is 3.99. The Morgan fingerprint density at radius 3 is 2.70 bits per heavy atom. The number of fused-ring (bicyclic) bond motifs is 2. The van der Waals surface area contributed by atoms with Gasteiger partial charge in [0.05, 0.1) is 22.3 Å². The fourth-order valence-corrected chi connectivity index (χ4v) is 4.27. The van der Waals surface area contributed by atoms with Gasteiger partial charge in [-0.05, 0) is 56.6 Å². The molecule has 0 aliphatic carbocycles. The predicted molar refractivity (Wildman–Crippen MR) is 142 cm³/mol. The van der Waals surface area contributed by atoms with Crippen LogP contribution in [0.1, 0.15) is 0 Å². The number of aromatic nitrogens is 7. The van der Waals surface area contributed by atoms with Gasteiger partial charge in [0.15, 0.2) is 11.5 Å². The monoisotopic (exact) mass is 493 g/mol. The van der Waals surface area contributed by atoms with Crippen molar-refractivity contribution in [3.8, 4) is 34.0 Å². The Morgan fingerprint density at radius 1 is 0.946 bits per heavy atom. The number of aromatic amines is 2. The van der Waals surface area contributed by atoms with Crippen molar-refractivity contribution in [2.45, 2.75) is 0 Å². The van der Waals surface area contributed by atoms with Crippen molar-refractivity contribution in [1.82, 2.24) is 40.0 Å². The number of nitrogens with one attached hydrogen (secondary N) is 3. The molecule has 10 heteroatoms. The Morgan fingerprint density at radius 2 is 1.86 bits per heavy atom. The molecule has 3 N–H and O–H groups in total. The number of anilines is 1. The molecule has 184 valence electrons. The van der Waals surface area contributed by atoms with Crippen LogP contribution in [0.15, 0.2) is 67.1 Å². The second kappa shape index (κ2) is 9.40. The van der Waals surface area contributed by atoms with Gasteiger partial charge in [0.25, 0.3) is 0 Å². The molecule has 0 fully saturated rings. The molecule has 0 aliphatic rings. The van der Waals surface area contributed by atoms with Crippen LogP contribution in [0, 0.1) is 5.82 Å². The van der Waals surface area contributed by atoms with Crippen LogP contribution in [0.5, 0.6) is 0 Å². The maximum Gasteiger partial charge on any atom is 0.159 e. The molecule has 5 heterocycles. The van der Waals surface area contributed by atoms with Gasteiger partial charge in [-0.1, -0.05) is 6.07 Å². The Bertz CT molecular complexity index is 1710. The third kappa shape index (κ3) is 4.50. The summed E-state index contributed by atoms with van der Waals surface area (Å²) in [4.78, 5) is 23.7. The maximum absolute atomic E-state index is 14.5. The second-order valence-electron chi connectivity index (χ2n) is 9.01. The van der Waals surface area contributed by atoms with Gasteiger partial charge in [0, 0.05) is 48.5 Å². The van der Waals surface area contributed by atoms with Crippen molar-refractivity contribution in [3.63, 3.8) is 0 Å². The lowest BCUT2D eigenvalue weighted by atomic mass is 10.1. The molecule has 0 bridgehead atoms. The van der Waals surface area contributed by atoms with Crippen LogP contribution in [0.4, 0.5) is 10.1 Å². The van der Waals surface area contributed by atoms with Gasteiger partial charge in [-0.3, -0.25) is 15.1 Å². The van der Waals surface area contributed by atoms with Crippen LogP contribution in [0.2, 0.25) is 0 Å². The van der Waals surface area contributed by atoms with Gasteiger partial charge in [-0.15, -0.1) is 0 Å². The summed E-state index contributed by atoms with van der Waals surface area (Å²) < 4.78 is 14.5. The molecule has 6 aromatic rings. The topological polar surface area (TPSA) is 111 Å². The number of hydrogen-bond donors (Lipinski definition) is 3. The molecule has 9 nitrogen and oxygen atoms in total. The molecular weight excluding hydrogens is 469 g/mol. The maximum atomic E-state index is 14.5. The average molecular weight is 494 g/mol. The Hall–Kier alpha value is -4.70. The van der Waals surface area contributed by atoms with E-state index in [1.54, 1.807) is 18.6 Å². The van der Waals surface area contributed by atoms with E-state index in [0.29, 0.717) is 46.2 Å². The SMILES string of the molecule is CN(C)CCNc1cc(F)cc(-c2nccc3[nH]c(-c4n[nH]c5ncc(-c6ccccn6)cc45)nc23)c1. The first-order chi connectivity index (χ1) is 18.0. The van der Waals surface area contributed by atoms with Gasteiger partial charge in [-0.25, -0.2) is 14.4 Å². The standard InChI is InChI=1S/C27H24FN9/c1-37(2)10-9-29-19-12-16(11-18(28)14-19)23-25-22(6-8-31-23)33-27(34-25)24-20-13-17(15-32-26(20)36-35-24)21-5-3-4-7-30-21/h3-8,11-15,29H,9-10H2,1-2H3,(H,33,34)(H,32,35,36). The van der Waals surface area contributed by atoms with E-state index in [1.165, 1.54) is 12.1 Å². The van der Waals surface area contributed by atoms with Gasteiger partial charge >= 0.3 is 0 Å². The van der Waals surface area contributed by atoms with E-state index in [2.05, 4.69) is 40.3 Å². The molecule has 0 unspecified atom stereocenters. The fraction of sp³-hybridized carbons (Fsp3) is 0.148. The van der Waals surface area contributed by atoms with Gasteiger partial charge < -0.3 is 15.2 Å². The molecule has 6 rings (SSSR count). The van der Waals surface area contributed by atoms with Gasteiger partial charge in [-0.2, -0.15) is 5.10 Å². The van der Waals surface area contributed by atoms with E-state index in [0.717, 1.165) is 28.7 Å². The number of rotatable bonds is 7. The second-order valence-corrected chi connectivity index (χ2v) is 9.01. The molecule has 0 saturated carbocycles. The fourth-order valence-electron chi connectivity index (χ4n) is 4.27. The quantitative estimate of drug-likeness (QED) is 0.295. The van der Waals surface area contributed by atoms with E-state index in [4.69, 9.17) is 4.98 Å². The van der Waals surface area contributed by atoms with E-state index in [9.17, 15) is 4.39 Å². The first-order valence-corrected chi connectivity index (χ1v) is 11.9. The zero-order valence-electron chi connectivity index (χ0n) is 20.3. The molecule has 0 spiro atoms. The highest BCUT2D eigenvalue weighted by Crippen LogP contribution is 2.32. The zero-order valence-corrected chi connectivity index (χ0v) is 20.3. The number of hydrogen-bond acceptors (Lipinski definition) is 7. The molecule has 0 atom stereocenters. The Balaban J connectivity index is 1.41. The van der Waals surface area contributed by atoms with Crippen molar-refractivity contribution in [3.05, 3.63) is 72.9 Å². The number of imidazole rings is 1. The van der Waals surface area contributed by atoms with E-state index < -0.39 is 0 Å². The van der Waals surface area contributed by atoms with Gasteiger partial charge in [0.2, 0.25) is 0 Å². The lowest BCUT2D eigenvalue weighted by Crippen LogP contribution is -2.20. The molecule has 0 aliphatic heterocycles. The highest BCUT2D eigenvalue weighted by Gasteiger charge is 2.18. The van der Waals surface area contributed by atoms with Crippen molar-refractivity contribution >= 4 is 27.8 Å². The summed E-state index contributed by atoms with van der Waals surface area (Å²) in [5.41, 5.74) is 6.30. The average Bonchev–Trinajstić information content (AvgIpc) is 3.52. The molecule has 0 amide bonds. The minimum absolute atomic E-state index is 0.342. The van der Waals surface area contributed by atoms with Crippen molar-refractivity contribution < 1.29 is 4.39 Å². The molecule has 5 aromatic heterocycles. The number of H-pyrrole nitrogens is 2. The van der Waals surface area contributed by atoms with Crippen LogP contribution in [0.25, 0.3) is 56.1 Å². The highest BCUT2D eigenvalue weighted by atomic mass is 19.1. The smallest absolute Gasteiger partial charge is 0.159 e. The van der Waals surface area contributed by atoms with Crippen LogP contribution in [-0.4, -0.2) is 67.2 Å². The first-order valence-electron chi connectivity index (χ1n) is 11.9. The summed E-state index contributed by atoms with van der Waals surface area (Å²) in [6.45, 7) is 1.53. The summed E-state index contributed by atoms with van der Waals surface area (Å²) in [5, 5.41) is 11.6. The number of benzene rings is 1. The largest absolute Gasteiger partial charge is 0.384 e. The summed E-state index contributed by atoms with van der Waals surface area (Å²) in [6.07, 6.45) is 5.20. The highest BCUT2D eigenvalue weighted by molar-refractivity contribution is 5.96. The molecule has 0 radical (unpaired) electrons. The van der Waals surface area contributed by atoms with E-state index in [-0.39, 0.29) is 5.82 Å². The van der Waals surface area contributed by atoms with Crippen molar-refractivity contribution in [2.24, 2.45) is 0 Å². The molecule has 37 heavy (non-hydrogen) atoms. The lowest BCUT2D eigenvalue weighted by molar-refractivity contribution is 0.425. The first kappa shape index (κ1) is 22.7. The number of halogens is 1. The minimum Gasteiger partial charge on any atom is -0.384 e. The molecule has 1 aromatic carbocycles. The number of pyridine rings is 3. The summed E-state index contributed by atoms with van der Waals surface area (Å²) in [6, 6.07) is 14.4. The summed E-state index contributed by atoms with van der Waals surface area (Å²) in [5.74, 6) is 0.224. The lowest BCUT2D eigenvalue weighted by Gasteiger charge is -2.12. The third-order valence-electron chi connectivity index (χ3n) is 6.06. The number of nitrogens with zero attached hydrogens (tertiary/aromatic N) is 6. The zero-order chi connectivity index (χ0) is 25.4. The van der Waals surface area contributed by atoms with Crippen molar-refractivity contribution in [2.75, 3.05) is 32.5 Å². The van der Waals surface area contributed by atoms with Crippen LogP contribution in [-0.2, 0) is 0 Å². The third-order valence-corrected chi connectivity index (χ3v) is 6.06. The minimum atomic E-state index is -0.342.